The zero-order chi connectivity index (χ0) is 13.2. The molecule has 100 valence electrons. The van der Waals surface area contributed by atoms with Gasteiger partial charge in [0.1, 0.15) is 0 Å². The molecule has 17 heavy (non-hydrogen) atoms. The second-order valence-corrected chi connectivity index (χ2v) is 6.86. The Bertz CT molecular complexity index is 279. The van der Waals surface area contributed by atoms with E-state index in [9.17, 15) is 4.79 Å². The SMILES string of the molecule is CSCC(C)C(=O)NC1CC(N(C)C)C1(C)C. The molecule has 3 nitrogen and oxygen atoms in total. The standard InChI is InChI=1S/C13H26N2OS/c1-9(8-17-6)12(16)14-10-7-11(15(4)5)13(10,2)3/h9-11H,7-8H2,1-6H3,(H,14,16). The molecule has 0 aliphatic heterocycles. The zero-order valence-electron chi connectivity index (χ0n) is 11.9. The van der Waals surface area contributed by atoms with Crippen LogP contribution in [0, 0.1) is 11.3 Å². The highest BCUT2D eigenvalue weighted by molar-refractivity contribution is 7.98. The fraction of sp³-hybridized carbons (Fsp3) is 0.923. The lowest BCUT2D eigenvalue weighted by Crippen LogP contribution is -2.65. The maximum absolute atomic E-state index is 12.0. The van der Waals surface area contributed by atoms with Crippen LogP contribution in [0.25, 0.3) is 0 Å². The minimum Gasteiger partial charge on any atom is -0.352 e. The average molecular weight is 258 g/mol. The van der Waals surface area contributed by atoms with Crippen molar-refractivity contribution in [2.24, 2.45) is 11.3 Å². The molecular formula is C13H26N2OS. The zero-order valence-corrected chi connectivity index (χ0v) is 12.7. The van der Waals surface area contributed by atoms with Gasteiger partial charge in [0.15, 0.2) is 0 Å². The topological polar surface area (TPSA) is 32.3 Å². The minimum absolute atomic E-state index is 0.110. The van der Waals surface area contributed by atoms with Gasteiger partial charge < -0.3 is 10.2 Å². The fourth-order valence-corrected chi connectivity index (χ4v) is 3.31. The van der Waals surface area contributed by atoms with E-state index in [1.165, 1.54) is 0 Å². The maximum atomic E-state index is 12.0. The summed E-state index contributed by atoms with van der Waals surface area (Å²) in [7, 11) is 4.22. The van der Waals surface area contributed by atoms with E-state index in [1.54, 1.807) is 11.8 Å². The van der Waals surface area contributed by atoms with Crippen LogP contribution >= 0.6 is 11.8 Å². The van der Waals surface area contributed by atoms with Crippen LogP contribution < -0.4 is 5.32 Å². The van der Waals surface area contributed by atoms with Crippen molar-refractivity contribution in [2.75, 3.05) is 26.1 Å². The third kappa shape index (κ3) is 3.16. The number of carbonyl (C=O) groups is 1. The van der Waals surface area contributed by atoms with Gasteiger partial charge in [0, 0.05) is 29.2 Å². The number of nitrogens with zero attached hydrogens (tertiary/aromatic N) is 1. The van der Waals surface area contributed by atoms with Crippen LogP contribution in [0.3, 0.4) is 0 Å². The smallest absolute Gasteiger partial charge is 0.223 e. The Morgan fingerprint density at radius 3 is 2.53 bits per heavy atom. The molecule has 1 rings (SSSR count). The van der Waals surface area contributed by atoms with Gasteiger partial charge >= 0.3 is 0 Å². The molecule has 0 saturated heterocycles. The Kier molecular flexibility index (Phi) is 4.90. The molecule has 1 saturated carbocycles. The number of amides is 1. The van der Waals surface area contributed by atoms with Crippen molar-refractivity contribution in [1.29, 1.82) is 0 Å². The fourth-order valence-electron chi connectivity index (χ4n) is 2.66. The highest BCUT2D eigenvalue weighted by Gasteiger charge is 2.49. The van der Waals surface area contributed by atoms with Crippen molar-refractivity contribution >= 4 is 17.7 Å². The Morgan fingerprint density at radius 1 is 1.53 bits per heavy atom. The summed E-state index contributed by atoms with van der Waals surface area (Å²) in [6.07, 6.45) is 3.11. The van der Waals surface area contributed by atoms with Gasteiger partial charge in [-0.05, 0) is 26.8 Å². The third-order valence-electron chi connectivity index (χ3n) is 4.02. The van der Waals surface area contributed by atoms with Gasteiger partial charge in [-0.1, -0.05) is 20.8 Å². The molecule has 0 aromatic carbocycles. The van der Waals surface area contributed by atoms with Crippen LogP contribution in [-0.4, -0.2) is 49.0 Å². The van der Waals surface area contributed by atoms with Crippen LogP contribution in [0.15, 0.2) is 0 Å². The number of nitrogens with one attached hydrogen (secondary N) is 1. The monoisotopic (exact) mass is 258 g/mol. The average Bonchev–Trinajstić information content (AvgIpc) is 2.22. The highest BCUT2D eigenvalue weighted by atomic mass is 32.2. The largest absolute Gasteiger partial charge is 0.352 e. The van der Waals surface area contributed by atoms with Crippen molar-refractivity contribution in [3.8, 4) is 0 Å². The summed E-state index contributed by atoms with van der Waals surface area (Å²) in [5, 5.41) is 3.20. The molecule has 4 heteroatoms. The summed E-state index contributed by atoms with van der Waals surface area (Å²) in [5.41, 5.74) is 0.179. The molecule has 0 spiro atoms. The molecule has 0 radical (unpaired) electrons. The third-order valence-corrected chi connectivity index (χ3v) is 4.85. The Hall–Kier alpha value is -0.220. The quantitative estimate of drug-likeness (QED) is 0.816. The van der Waals surface area contributed by atoms with E-state index >= 15 is 0 Å². The van der Waals surface area contributed by atoms with Crippen molar-refractivity contribution in [3.63, 3.8) is 0 Å². The van der Waals surface area contributed by atoms with Crippen LogP contribution in [-0.2, 0) is 4.79 Å². The van der Waals surface area contributed by atoms with Gasteiger partial charge in [0.25, 0.3) is 0 Å². The second-order valence-electron chi connectivity index (χ2n) is 5.95. The molecule has 3 atom stereocenters. The van der Waals surface area contributed by atoms with Gasteiger partial charge in [0.2, 0.25) is 5.91 Å². The number of rotatable bonds is 5. The van der Waals surface area contributed by atoms with E-state index in [2.05, 4.69) is 38.2 Å². The molecule has 0 aromatic heterocycles. The van der Waals surface area contributed by atoms with Crippen molar-refractivity contribution in [2.45, 2.75) is 39.3 Å². The van der Waals surface area contributed by atoms with E-state index < -0.39 is 0 Å². The van der Waals surface area contributed by atoms with Gasteiger partial charge in [-0.2, -0.15) is 11.8 Å². The lowest BCUT2D eigenvalue weighted by Gasteiger charge is -2.55. The van der Waals surface area contributed by atoms with Gasteiger partial charge in [0.05, 0.1) is 0 Å². The van der Waals surface area contributed by atoms with E-state index in [0.717, 1.165) is 12.2 Å². The number of hydrogen-bond donors (Lipinski definition) is 1. The van der Waals surface area contributed by atoms with Crippen LogP contribution in [0.4, 0.5) is 0 Å². The Morgan fingerprint density at radius 2 is 2.12 bits per heavy atom. The molecule has 0 bridgehead atoms. The van der Waals surface area contributed by atoms with Gasteiger partial charge in [-0.3, -0.25) is 4.79 Å². The van der Waals surface area contributed by atoms with Gasteiger partial charge in [-0.15, -0.1) is 0 Å². The second kappa shape index (κ2) is 5.61. The van der Waals surface area contributed by atoms with Crippen LogP contribution in [0.1, 0.15) is 27.2 Å². The molecule has 1 aliphatic rings. The summed E-state index contributed by atoms with van der Waals surface area (Å²) in [6.45, 7) is 6.48. The lowest BCUT2D eigenvalue weighted by atomic mass is 9.62. The summed E-state index contributed by atoms with van der Waals surface area (Å²) in [5.74, 6) is 1.21. The van der Waals surface area contributed by atoms with E-state index in [-0.39, 0.29) is 17.2 Å². The molecule has 1 N–H and O–H groups in total. The normalized spacial score (nSPS) is 28.6. The van der Waals surface area contributed by atoms with Crippen molar-refractivity contribution in [1.82, 2.24) is 10.2 Å². The van der Waals surface area contributed by atoms with E-state index in [0.29, 0.717) is 12.1 Å². The minimum atomic E-state index is 0.110. The van der Waals surface area contributed by atoms with Gasteiger partial charge in [-0.25, -0.2) is 0 Å². The van der Waals surface area contributed by atoms with E-state index in [4.69, 9.17) is 0 Å². The Balaban J connectivity index is 2.48. The molecule has 3 unspecified atom stereocenters. The maximum Gasteiger partial charge on any atom is 0.223 e. The molecule has 0 heterocycles. The first-order chi connectivity index (χ1) is 7.80. The molecule has 0 aromatic rings. The highest BCUT2D eigenvalue weighted by Crippen LogP contribution is 2.43. The van der Waals surface area contributed by atoms with E-state index in [1.807, 2.05) is 13.2 Å². The summed E-state index contributed by atoms with van der Waals surface area (Å²) >= 11 is 1.73. The predicted molar refractivity (Wildman–Crippen MR) is 75.3 cm³/mol. The van der Waals surface area contributed by atoms with Crippen molar-refractivity contribution in [3.05, 3.63) is 0 Å². The molecule has 1 amide bonds. The number of carbonyl (C=O) groups excluding carboxylic acids is 1. The molecule has 1 fully saturated rings. The predicted octanol–water partition coefficient (Wildman–Crippen LogP) is 1.83. The molecule has 1 aliphatic carbocycles. The molecular weight excluding hydrogens is 232 g/mol. The first-order valence-electron chi connectivity index (χ1n) is 6.26. The first-order valence-corrected chi connectivity index (χ1v) is 7.65. The first kappa shape index (κ1) is 14.8. The van der Waals surface area contributed by atoms with Crippen LogP contribution in [0.5, 0.6) is 0 Å². The Labute approximate surface area is 110 Å². The lowest BCUT2D eigenvalue weighted by molar-refractivity contribution is -0.128. The summed E-state index contributed by atoms with van der Waals surface area (Å²) in [4.78, 5) is 14.2. The summed E-state index contributed by atoms with van der Waals surface area (Å²) < 4.78 is 0. The number of hydrogen-bond acceptors (Lipinski definition) is 3. The van der Waals surface area contributed by atoms with Crippen molar-refractivity contribution < 1.29 is 4.79 Å². The summed E-state index contributed by atoms with van der Waals surface area (Å²) in [6, 6.07) is 0.898. The number of thioether (sulfide) groups is 1. The van der Waals surface area contributed by atoms with Crippen LogP contribution in [0.2, 0.25) is 0 Å².